The molecular weight excluding hydrogens is 300 g/mol. The molecule has 0 aromatic heterocycles. The SMILES string of the molecule is C[C@H](N)c1ccc(N(C)CC2CCCCC2)cc1Br. The minimum Gasteiger partial charge on any atom is -0.374 e. The topological polar surface area (TPSA) is 29.3 Å². The molecule has 0 radical (unpaired) electrons. The van der Waals surface area contributed by atoms with E-state index in [-0.39, 0.29) is 6.04 Å². The van der Waals surface area contributed by atoms with Gasteiger partial charge in [-0.2, -0.15) is 0 Å². The molecule has 1 aliphatic carbocycles. The van der Waals surface area contributed by atoms with E-state index >= 15 is 0 Å². The molecule has 1 aromatic rings. The first-order valence-electron chi connectivity index (χ1n) is 7.34. The van der Waals surface area contributed by atoms with Gasteiger partial charge < -0.3 is 10.6 Å². The van der Waals surface area contributed by atoms with Crippen molar-refractivity contribution >= 4 is 21.6 Å². The Kier molecular flexibility index (Phi) is 5.28. The highest BCUT2D eigenvalue weighted by Crippen LogP contribution is 2.29. The van der Waals surface area contributed by atoms with Gasteiger partial charge in [0.1, 0.15) is 0 Å². The molecule has 1 saturated carbocycles. The van der Waals surface area contributed by atoms with Crippen LogP contribution in [-0.4, -0.2) is 13.6 Å². The number of nitrogens with zero attached hydrogens (tertiary/aromatic N) is 1. The number of hydrogen-bond acceptors (Lipinski definition) is 2. The van der Waals surface area contributed by atoms with Crippen molar-refractivity contribution in [2.45, 2.75) is 45.1 Å². The molecule has 3 heteroatoms. The number of halogens is 1. The van der Waals surface area contributed by atoms with Crippen LogP contribution in [0.4, 0.5) is 5.69 Å². The van der Waals surface area contributed by atoms with Crippen LogP contribution in [-0.2, 0) is 0 Å². The molecule has 19 heavy (non-hydrogen) atoms. The predicted octanol–water partition coefficient (Wildman–Crippen LogP) is 4.49. The first-order valence-corrected chi connectivity index (χ1v) is 8.13. The van der Waals surface area contributed by atoms with Gasteiger partial charge in [0, 0.05) is 29.8 Å². The van der Waals surface area contributed by atoms with Crippen LogP contribution in [0, 0.1) is 5.92 Å². The highest BCUT2D eigenvalue weighted by Gasteiger charge is 2.16. The maximum atomic E-state index is 5.95. The minimum atomic E-state index is 0.0760. The molecule has 1 fully saturated rings. The molecule has 1 aromatic carbocycles. The van der Waals surface area contributed by atoms with Gasteiger partial charge in [-0.3, -0.25) is 0 Å². The van der Waals surface area contributed by atoms with Crippen molar-refractivity contribution in [1.82, 2.24) is 0 Å². The van der Waals surface area contributed by atoms with E-state index in [0.717, 1.165) is 10.4 Å². The third kappa shape index (κ3) is 3.96. The number of benzene rings is 1. The van der Waals surface area contributed by atoms with Gasteiger partial charge >= 0.3 is 0 Å². The van der Waals surface area contributed by atoms with E-state index in [2.05, 4.69) is 46.1 Å². The Bertz CT molecular complexity index is 411. The molecule has 1 aliphatic rings. The second-order valence-electron chi connectivity index (χ2n) is 5.88. The van der Waals surface area contributed by atoms with Crippen molar-refractivity contribution in [1.29, 1.82) is 0 Å². The van der Waals surface area contributed by atoms with E-state index < -0.39 is 0 Å². The van der Waals surface area contributed by atoms with Crippen LogP contribution in [0.3, 0.4) is 0 Å². The molecule has 2 rings (SSSR count). The summed E-state index contributed by atoms with van der Waals surface area (Å²) in [6, 6.07) is 6.60. The molecule has 2 nitrogen and oxygen atoms in total. The monoisotopic (exact) mass is 324 g/mol. The summed E-state index contributed by atoms with van der Waals surface area (Å²) in [4.78, 5) is 2.38. The molecule has 0 saturated heterocycles. The second-order valence-corrected chi connectivity index (χ2v) is 6.73. The summed E-state index contributed by atoms with van der Waals surface area (Å²) in [6.45, 7) is 3.19. The van der Waals surface area contributed by atoms with Gasteiger partial charge in [-0.05, 0) is 43.4 Å². The average Bonchev–Trinajstić information content (AvgIpc) is 2.39. The van der Waals surface area contributed by atoms with Crippen LogP contribution in [0.25, 0.3) is 0 Å². The molecule has 2 N–H and O–H groups in total. The summed E-state index contributed by atoms with van der Waals surface area (Å²) < 4.78 is 1.12. The largest absolute Gasteiger partial charge is 0.374 e. The Morgan fingerprint density at radius 2 is 2.00 bits per heavy atom. The van der Waals surface area contributed by atoms with Gasteiger partial charge in [0.2, 0.25) is 0 Å². The van der Waals surface area contributed by atoms with Crippen LogP contribution in [0.5, 0.6) is 0 Å². The highest BCUT2D eigenvalue weighted by atomic mass is 79.9. The molecule has 1 atom stereocenters. The van der Waals surface area contributed by atoms with E-state index in [0.29, 0.717) is 0 Å². The Labute approximate surface area is 125 Å². The minimum absolute atomic E-state index is 0.0760. The summed E-state index contributed by atoms with van der Waals surface area (Å²) in [5.41, 5.74) is 8.40. The second kappa shape index (κ2) is 6.76. The molecule has 0 amide bonds. The van der Waals surface area contributed by atoms with Gasteiger partial charge in [-0.15, -0.1) is 0 Å². The van der Waals surface area contributed by atoms with Crippen LogP contribution < -0.4 is 10.6 Å². The summed E-state index contributed by atoms with van der Waals surface area (Å²) >= 11 is 3.63. The Hall–Kier alpha value is -0.540. The van der Waals surface area contributed by atoms with Gasteiger partial charge in [0.25, 0.3) is 0 Å². The molecule has 106 valence electrons. The third-order valence-electron chi connectivity index (χ3n) is 4.17. The van der Waals surface area contributed by atoms with Crippen molar-refractivity contribution < 1.29 is 0 Å². The Morgan fingerprint density at radius 1 is 1.32 bits per heavy atom. The Morgan fingerprint density at radius 3 is 2.58 bits per heavy atom. The van der Waals surface area contributed by atoms with E-state index in [4.69, 9.17) is 5.73 Å². The van der Waals surface area contributed by atoms with Gasteiger partial charge in [-0.1, -0.05) is 41.3 Å². The van der Waals surface area contributed by atoms with Gasteiger partial charge in [0.15, 0.2) is 0 Å². The fourth-order valence-corrected chi connectivity index (χ4v) is 3.71. The molecule has 0 heterocycles. The molecule has 0 spiro atoms. The van der Waals surface area contributed by atoms with Crippen molar-refractivity contribution in [2.24, 2.45) is 11.7 Å². The zero-order chi connectivity index (χ0) is 13.8. The first kappa shape index (κ1) is 14.9. The standard InChI is InChI=1S/C16H25BrN2/c1-12(18)15-9-8-14(10-16(15)17)19(2)11-13-6-4-3-5-7-13/h8-10,12-13H,3-7,11,18H2,1-2H3/t12-/m0/s1. The normalized spacial score (nSPS) is 18.3. The van der Waals surface area contributed by atoms with Gasteiger partial charge in [-0.25, -0.2) is 0 Å². The third-order valence-corrected chi connectivity index (χ3v) is 4.86. The first-order chi connectivity index (χ1) is 9.08. The van der Waals surface area contributed by atoms with Crippen LogP contribution >= 0.6 is 15.9 Å². The fraction of sp³-hybridized carbons (Fsp3) is 0.625. The van der Waals surface area contributed by atoms with E-state index in [9.17, 15) is 0 Å². The number of hydrogen-bond donors (Lipinski definition) is 1. The quantitative estimate of drug-likeness (QED) is 0.884. The zero-order valence-corrected chi connectivity index (χ0v) is 13.6. The maximum absolute atomic E-state index is 5.95. The van der Waals surface area contributed by atoms with E-state index in [1.165, 1.54) is 49.9 Å². The average molecular weight is 325 g/mol. The van der Waals surface area contributed by atoms with E-state index in [1.54, 1.807) is 0 Å². The van der Waals surface area contributed by atoms with Crippen LogP contribution in [0.15, 0.2) is 22.7 Å². The fourth-order valence-electron chi connectivity index (χ4n) is 2.99. The van der Waals surface area contributed by atoms with Crippen molar-refractivity contribution in [3.8, 4) is 0 Å². The Balaban J connectivity index is 2.02. The lowest BCUT2D eigenvalue weighted by atomic mass is 9.89. The van der Waals surface area contributed by atoms with Crippen molar-refractivity contribution in [2.75, 3.05) is 18.5 Å². The summed E-state index contributed by atoms with van der Waals surface area (Å²) in [5, 5.41) is 0. The lowest BCUT2D eigenvalue weighted by Gasteiger charge is -2.28. The maximum Gasteiger partial charge on any atom is 0.0375 e. The van der Waals surface area contributed by atoms with Gasteiger partial charge in [0.05, 0.1) is 0 Å². The number of nitrogens with two attached hydrogens (primary N) is 1. The van der Waals surface area contributed by atoms with Crippen molar-refractivity contribution in [3.05, 3.63) is 28.2 Å². The predicted molar refractivity (Wildman–Crippen MR) is 86.6 cm³/mol. The molecular formula is C16H25BrN2. The molecule has 0 bridgehead atoms. The number of anilines is 1. The van der Waals surface area contributed by atoms with E-state index in [1.807, 2.05) is 6.92 Å². The highest BCUT2D eigenvalue weighted by molar-refractivity contribution is 9.10. The van der Waals surface area contributed by atoms with Crippen molar-refractivity contribution in [3.63, 3.8) is 0 Å². The lowest BCUT2D eigenvalue weighted by Crippen LogP contribution is -2.26. The summed E-state index contributed by atoms with van der Waals surface area (Å²) in [7, 11) is 2.20. The van der Waals surface area contributed by atoms with Crippen LogP contribution in [0.1, 0.15) is 50.6 Å². The molecule has 0 aliphatic heterocycles. The summed E-state index contributed by atoms with van der Waals surface area (Å²) in [5.74, 6) is 0.866. The van der Waals surface area contributed by atoms with Crippen LogP contribution in [0.2, 0.25) is 0 Å². The lowest BCUT2D eigenvalue weighted by molar-refractivity contribution is 0.362. The number of rotatable bonds is 4. The zero-order valence-electron chi connectivity index (χ0n) is 12.0. The smallest absolute Gasteiger partial charge is 0.0375 e. The summed E-state index contributed by atoms with van der Waals surface area (Å²) in [6.07, 6.45) is 7.03. The molecule has 0 unspecified atom stereocenters.